The summed E-state index contributed by atoms with van der Waals surface area (Å²) >= 11 is 0. The first-order valence-corrected chi connectivity index (χ1v) is 11.5. The van der Waals surface area contributed by atoms with Crippen LogP contribution in [0, 0.1) is 12.8 Å². The molecular weight excluding hydrogens is 390 g/mol. The smallest absolute Gasteiger partial charge is 0.407 e. The fourth-order valence-corrected chi connectivity index (χ4v) is 5.32. The number of hydrogen-bond acceptors (Lipinski definition) is 5. The van der Waals surface area contributed by atoms with Gasteiger partial charge < -0.3 is 15.4 Å². The topological polar surface area (TPSA) is 81.1 Å². The Kier molecular flexibility index (Phi) is 4.75. The Balaban J connectivity index is 1.26. The zero-order chi connectivity index (χ0) is 21.8. The minimum atomic E-state index is -0.237. The number of hydrogen-bond donors (Lipinski definition) is 2. The third kappa shape index (κ3) is 4.02. The van der Waals surface area contributed by atoms with E-state index in [-0.39, 0.29) is 23.3 Å². The maximum Gasteiger partial charge on any atom is 0.407 e. The van der Waals surface area contributed by atoms with Crippen LogP contribution in [0.2, 0.25) is 0 Å². The molecule has 2 N–H and O–H groups in total. The predicted molar refractivity (Wildman–Crippen MR) is 120 cm³/mol. The van der Waals surface area contributed by atoms with Crippen LogP contribution in [0.15, 0.2) is 24.4 Å². The predicted octanol–water partition coefficient (Wildman–Crippen LogP) is 5.00. The van der Waals surface area contributed by atoms with Crippen LogP contribution in [0.5, 0.6) is 0 Å². The molecule has 31 heavy (non-hydrogen) atoms. The summed E-state index contributed by atoms with van der Waals surface area (Å²) in [6.07, 6.45) is 7.65. The van der Waals surface area contributed by atoms with Gasteiger partial charge in [-0.1, -0.05) is 0 Å². The Morgan fingerprint density at radius 3 is 2.65 bits per heavy atom. The van der Waals surface area contributed by atoms with Crippen LogP contribution in [-0.4, -0.2) is 32.5 Å². The van der Waals surface area contributed by atoms with E-state index in [1.165, 1.54) is 0 Å². The van der Waals surface area contributed by atoms with Crippen LogP contribution in [0.3, 0.4) is 0 Å². The number of aryl methyl sites for hydroxylation is 1. The molecule has 4 fully saturated rings. The van der Waals surface area contributed by atoms with Gasteiger partial charge in [-0.25, -0.2) is 9.48 Å². The van der Waals surface area contributed by atoms with Gasteiger partial charge in [0, 0.05) is 35.1 Å². The molecular formula is C24H33N5O2. The Bertz CT molecular complexity index is 975. The molecule has 0 radical (unpaired) electrons. The van der Waals surface area contributed by atoms with Gasteiger partial charge in [0.05, 0.1) is 11.2 Å². The van der Waals surface area contributed by atoms with Gasteiger partial charge in [-0.2, -0.15) is 5.10 Å². The molecule has 2 aromatic heterocycles. The second-order valence-electron chi connectivity index (χ2n) is 10.8. The van der Waals surface area contributed by atoms with Crippen LogP contribution < -0.4 is 10.6 Å². The number of aromatic nitrogens is 3. The lowest BCUT2D eigenvalue weighted by molar-refractivity contribution is -0.0506. The second-order valence-corrected chi connectivity index (χ2v) is 10.8. The van der Waals surface area contributed by atoms with E-state index < -0.39 is 0 Å². The molecule has 2 atom stereocenters. The van der Waals surface area contributed by atoms with Crippen LogP contribution in [0.25, 0.3) is 0 Å². The molecule has 0 spiro atoms. The summed E-state index contributed by atoms with van der Waals surface area (Å²) in [7, 11) is 0. The number of alkyl carbamates (subject to hydrolysis) is 1. The molecule has 0 aromatic carbocycles. The number of carbonyl (C=O) groups excluding carboxylic acids is 1. The number of amides is 1. The number of nitrogens with zero attached hydrogens (tertiary/aromatic N) is 3. The van der Waals surface area contributed by atoms with Crippen molar-refractivity contribution in [3.05, 3.63) is 35.8 Å². The Labute approximate surface area is 184 Å². The molecule has 2 bridgehead atoms. The van der Waals surface area contributed by atoms with Crippen molar-refractivity contribution in [1.29, 1.82) is 0 Å². The largest absolute Gasteiger partial charge is 0.446 e. The second kappa shape index (κ2) is 7.24. The molecule has 0 aliphatic heterocycles. The van der Waals surface area contributed by atoms with E-state index in [1.807, 2.05) is 25.3 Å². The zero-order valence-electron chi connectivity index (χ0n) is 18.9. The minimum absolute atomic E-state index is 0.0311. The van der Waals surface area contributed by atoms with Crippen LogP contribution in [0.4, 0.5) is 16.3 Å². The molecule has 0 unspecified atom stereocenters. The van der Waals surface area contributed by atoms with Gasteiger partial charge in [0.1, 0.15) is 11.9 Å². The highest BCUT2D eigenvalue weighted by atomic mass is 16.6. The van der Waals surface area contributed by atoms with E-state index in [1.54, 1.807) is 0 Å². The zero-order valence-corrected chi connectivity index (χ0v) is 18.9. The number of nitrogens with one attached hydrogen (secondary N) is 2. The fourth-order valence-electron chi connectivity index (χ4n) is 5.32. The molecule has 4 saturated carbocycles. The van der Waals surface area contributed by atoms with Gasteiger partial charge in [-0.15, -0.1) is 0 Å². The average Bonchev–Trinajstić information content (AvgIpc) is 3.24. The van der Waals surface area contributed by atoms with E-state index >= 15 is 0 Å². The van der Waals surface area contributed by atoms with Crippen molar-refractivity contribution in [1.82, 2.24) is 20.1 Å². The highest BCUT2D eigenvalue weighted by Crippen LogP contribution is 2.57. The summed E-state index contributed by atoms with van der Waals surface area (Å²) in [5, 5.41) is 11.6. The monoisotopic (exact) mass is 423 g/mol. The maximum atomic E-state index is 12.3. The summed E-state index contributed by atoms with van der Waals surface area (Å²) in [5.74, 6) is 2.11. The van der Waals surface area contributed by atoms with Crippen molar-refractivity contribution in [2.24, 2.45) is 5.92 Å². The summed E-state index contributed by atoms with van der Waals surface area (Å²) in [4.78, 5) is 16.6. The van der Waals surface area contributed by atoms with E-state index in [4.69, 9.17) is 9.84 Å². The van der Waals surface area contributed by atoms with Crippen molar-refractivity contribution >= 4 is 17.6 Å². The number of pyridine rings is 1. The first kappa shape index (κ1) is 20.3. The first-order chi connectivity index (χ1) is 14.7. The van der Waals surface area contributed by atoms with Gasteiger partial charge in [0.2, 0.25) is 0 Å². The molecule has 6 rings (SSSR count). The van der Waals surface area contributed by atoms with E-state index in [0.29, 0.717) is 5.92 Å². The lowest BCUT2D eigenvalue weighted by atomic mass is 9.50. The van der Waals surface area contributed by atoms with Crippen molar-refractivity contribution in [3.63, 3.8) is 0 Å². The molecule has 2 heterocycles. The first-order valence-electron chi connectivity index (χ1n) is 11.5. The lowest BCUT2D eigenvalue weighted by Crippen LogP contribution is -2.68. The molecule has 4 aliphatic carbocycles. The summed E-state index contributed by atoms with van der Waals surface area (Å²) in [5.41, 5.74) is 2.95. The molecule has 1 amide bonds. The third-order valence-corrected chi connectivity index (χ3v) is 7.01. The highest BCUT2D eigenvalue weighted by molar-refractivity contribution is 5.69. The van der Waals surface area contributed by atoms with E-state index in [0.717, 1.165) is 67.3 Å². The van der Waals surface area contributed by atoms with Gasteiger partial charge in [-0.3, -0.25) is 4.98 Å². The van der Waals surface area contributed by atoms with Crippen LogP contribution >= 0.6 is 0 Å². The van der Waals surface area contributed by atoms with Crippen molar-refractivity contribution in [2.45, 2.75) is 89.3 Å². The highest BCUT2D eigenvalue weighted by Gasteiger charge is 2.57. The Morgan fingerprint density at radius 1 is 1.23 bits per heavy atom. The average molecular weight is 424 g/mol. The Morgan fingerprint density at radius 2 is 2.00 bits per heavy atom. The van der Waals surface area contributed by atoms with Crippen molar-refractivity contribution in [2.75, 3.05) is 5.32 Å². The van der Waals surface area contributed by atoms with Gasteiger partial charge in [0.25, 0.3) is 0 Å². The van der Waals surface area contributed by atoms with Gasteiger partial charge in [0.15, 0.2) is 0 Å². The standard InChI is InChI=1S/C24H33N5O2/c1-15-9-18(7-8-25-15)26-21-11-20(28-29(21)23(2,3)4)17-5-6-19(10-17)31-22(30)27-24-12-16(13-24)14-24/h7-9,11,16-17,19H,5-6,10,12-14H2,1-4H3,(H,25,26)(H,27,30)/t16?,17-,19+,24?/m0/s1. The lowest BCUT2D eigenvalue weighted by Gasteiger charge is -2.61. The fraction of sp³-hybridized carbons (Fsp3) is 0.625. The SMILES string of the molecule is Cc1cc(Nc2cc([C@H]3CC[C@@H](OC(=O)NC45CC(C4)C5)C3)nn2C(C)(C)C)ccn1. The number of ether oxygens (including phenoxy) is 1. The maximum absolute atomic E-state index is 12.3. The summed E-state index contributed by atoms with van der Waals surface area (Å²) in [6.45, 7) is 8.45. The van der Waals surface area contributed by atoms with Crippen molar-refractivity contribution < 1.29 is 9.53 Å². The third-order valence-electron chi connectivity index (χ3n) is 7.01. The molecule has 2 aromatic rings. The number of carbonyl (C=O) groups is 1. The van der Waals surface area contributed by atoms with Crippen LogP contribution in [-0.2, 0) is 10.3 Å². The number of rotatable bonds is 5. The quantitative estimate of drug-likeness (QED) is 0.707. The normalized spacial score (nSPS) is 29.1. The molecule has 7 heteroatoms. The molecule has 0 saturated heterocycles. The van der Waals surface area contributed by atoms with E-state index in [9.17, 15) is 4.79 Å². The molecule has 7 nitrogen and oxygen atoms in total. The Hall–Kier alpha value is -2.57. The van der Waals surface area contributed by atoms with Crippen LogP contribution in [0.1, 0.15) is 76.6 Å². The van der Waals surface area contributed by atoms with Crippen molar-refractivity contribution in [3.8, 4) is 0 Å². The van der Waals surface area contributed by atoms with Gasteiger partial charge >= 0.3 is 6.09 Å². The van der Waals surface area contributed by atoms with E-state index in [2.05, 4.69) is 47.1 Å². The molecule has 166 valence electrons. The van der Waals surface area contributed by atoms with Gasteiger partial charge in [-0.05, 0) is 84.3 Å². The number of anilines is 2. The minimum Gasteiger partial charge on any atom is -0.446 e. The summed E-state index contributed by atoms with van der Waals surface area (Å²) < 4.78 is 7.82. The summed E-state index contributed by atoms with van der Waals surface area (Å²) in [6, 6.07) is 6.15. The molecule has 4 aliphatic rings.